The van der Waals surface area contributed by atoms with Crippen molar-refractivity contribution in [2.24, 2.45) is 9.98 Å². The van der Waals surface area contributed by atoms with Crippen LogP contribution >= 0.6 is 0 Å². The topological polar surface area (TPSA) is 54.8 Å². The number of nitrogens with zero attached hydrogens (tertiary/aromatic N) is 6. The maximum Gasteiger partial charge on any atom is 0.254 e. The fourth-order valence-corrected chi connectivity index (χ4v) is 4.37. The van der Waals surface area contributed by atoms with E-state index >= 15 is 0 Å². The number of hydrogen-bond donors (Lipinski definition) is 0. The van der Waals surface area contributed by atoms with Gasteiger partial charge < -0.3 is 14.7 Å². The Hall–Kier alpha value is -2.93. The first-order chi connectivity index (χ1) is 15.8. The van der Waals surface area contributed by atoms with E-state index in [-0.39, 0.29) is 5.91 Å². The summed E-state index contributed by atoms with van der Waals surface area (Å²) in [7, 11) is 0. The monoisotopic (exact) mass is 450 g/mol. The summed E-state index contributed by atoms with van der Waals surface area (Å²) >= 11 is 0. The van der Waals surface area contributed by atoms with Crippen LogP contribution in [-0.2, 0) is 6.54 Å². The predicted octanol–water partition coefficient (Wildman–Crippen LogP) is 3.38. The molecule has 2 aliphatic rings. The summed E-state index contributed by atoms with van der Waals surface area (Å²) in [5.74, 6) is 1.93. The second-order valence-corrected chi connectivity index (χ2v) is 9.03. The molecule has 3 rings (SSSR count). The normalized spacial score (nSPS) is 17.7. The van der Waals surface area contributed by atoms with Gasteiger partial charge in [-0.05, 0) is 44.9 Å². The SMILES string of the molecule is C=C/N=C(\C)N1CCN(Cc2ccc(C)c(C(=O)N3CCN(C(=C)N=C(C)C)CC3)c2)CC1. The first kappa shape index (κ1) is 24.7. The van der Waals surface area contributed by atoms with E-state index in [1.54, 1.807) is 6.20 Å². The number of aliphatic imine (C=N–C) groups is 2. The minimum Gasteiger partial charge on any atom is -0.358 e. The molecule has 0 aromatic heterocycles. The zero-order chi connectivity index (χ0) is 24.0. The molecule has 0 saturated carbocycles. The average Bonchev–Trinajstić information content (AvgIpc) is 2.80. The van der Waals surface area contributed by atoms with Crippen LogP contribution in [0.1, 0.15) is 42.3 Å². The Kier molecular flexibility index (Phi) is 8.44. The first-order valence-electron chi connectivity index (χ1n) is 11.8. The fourth-order valence-electron chi connectivity index (χ4n) is 4.37. The minimum atomic E-state index is 0.121. The van der Waals surface area contributed by atoms with Gasteiger partial charge >= 0.3 is 0 Å². The molecule has 0 bridgehead atoms. The van der Waals surface area contributed by atoms with Crippen molar-refractivity contribution in [1.29, 1.82) is 0 Å². The fraction of sp³-hybridized carbons (Fsp3) is 0.500. The summed E-state index contributed by atoms with van der Waals surface area (Å²) in [5.41, 5.74) is 4.03. The number of piperazine rings is 2. The number of carbonyl (C=O) groups is 1. The van der Waals surface area contributed by atoms with Gasteiger partial charge in [0.25, 0.3) is 5.91 Å². The molecule has 178 valence electrons. The molecule has 0 N–H and O–H groups in total. The van der Waals surface area contributed by atoms with E-state index in [9.17, 15) is 4.79 Å². The van der Waals surface area contributed by atoms with Crippen molar-refractivity contribution in [1.82, 2.24) is 19.6 Å². The molecule has 33 heavy (non-hydrogen) atoms. The van der Waals surface area contributed by atoms with E-state index in [4.69, 9.17) is 0 Å². The molecule has 2 heterocycles. The van der Waals surface area contributed by atoms with E-state index in [0.29, 0.717) is 13.1 Å². The smallest absolute Gasteiger partial charge is 0.254 e. The highest BCUT2D eigenvalue weighted by Gasteiger charge is 2.24. The summed E-state index contributed by atoms with van der Waals surface area (Å²) in [6, 6.07) is 6.32. The third-order valence-electron chi connectivity index (χ3n) is 6.33. The number of amides is 1. The molecule has 0 unspecified atom stereocenters. The highest BCUT2D eigenvalue weighted by molar-refractivity contribution is 5.96. The van der Waals surface area contributed by atoms with Gasteiger partial charge in [0, 0.05) is 76.4 Å². The number of aryl methyl sites for hydroxylation is 1. The Morgan fingerprint density at radius 3 is 2.18 bits per heavy atom. The summed E-state index contributed by atoms with van der Waals surface area (Å²) in [6.45, 7) is 23.4. The quantitative estimate of drug-likeness (QED) is 0.493. The van der Waals surface area contributed by atoms with Gasteiger partial charge in [0.15, 0.2) is 0 Å². The average molecular weight is 451 g/mol. The molecule has 1 aromatic carbocycles. The van der Waals surface area contributed by atoms with Crippen molar-refractivity contribution in [3.05, 3.63) is 60.1 Å². The lowest BCUT2D eigenvalue weighted by Gasteiger charge is -2.36. The van der Waals surface area contributed by atoms with Gasteiger partial charge in [-0.15, -0.1) is 0 Å². The Morgan fingerprint density at radius 2 is 1.58 bits per heavy atom. The molecule has 0 radical (unpaired) electrons. The number of carbonyl (C=O) groups excluding carboxylic acids is 1. The van der Waals surface area contributed by atoms with Crippen LogP contribution < -0.4 is 0 Å². The molecule has 0 atom stereocenters. The highest BCUT2D eigenvalue weighted by Crippen LogP contribution is 2.18. The van der Waals surface area contributed by atoms with Crippen LogP contribution in [0, 0.1) is 6.92 Å². The summed E-state index contributed by atoms with van der Waals surface area (Å²) in [6.07, 6.45) is 1.60. The van der Waals surface area contributed by atoms with Crippen LogP contribution in [-0.4, -0.2) is 89.4 Å². The standard InChI is InChI=1S/C26H38N6O/c1-7-27-22(5)30-12-10-29(11-13-30)19-24-9-8-21(4)25(18-24)26(33)32-16-14-31(15-17-32)23(6)28-20(2)3/h7-9,18H,1,6,10-17,19H2,2-5H3/b27-22+. The maximum atomic E-state index is 13.3. The number of rotatable bonds is 6. The zero-order valence-electron chi connectivity index (χ0n) is 20.7. The van der Waals surface area contributed by atoms with E-state index in [2.05, 4.69) is 56.0 Å². The lowest BCUT2D eigenvalue weighted by atomic mass is 10.0. The van der Waals surface area contributed by atoms with Crippen LogP contribution in [0.3, 0.4) is 0 Å². The Bertz CT molecular complexity index is 930. The zero-order valence-corrected chi connectivity index (χ0v) is 20.7. The molecule has 7 nitrogen and oxygen atoms in total. The molecule has 7 heteroatoms. The highest BCUT2D eigenvalue weighted by atomic mass is 16.2. The van der Waals surface area contributed by atoms with Crippen molar-refractivity contribution in [2.45, 2.75) is 34.2 Å². The molecular weight excluding hydrogens is 412 g/mol. The van der Waals surface area contributed by atoms with Crippen LogP contribution in [0.4, 0.5) is 0 Å². The van der Waals surface area contributed by atoms with Gasteiger partial charge in [0.1, 0.15) is 11.7 Å². The molecule has 1 aromatic rings. The van der Waals surface area contributed by atoms with Gasteiger partial charge in [-0.1, -0.05) is 25.3 Å². The van der Waals surface area contributed by atoms with Crippen molar-refractivity contribution in [3.8, 4) is 0 Å². The number of hydrogen-bond acceptors (Lipinski definition) is 5. The number of benzene rings is 1. The second kappa shape index (κ2) is 11.3. The van der Waals surface area contributed by atoms with Crippen molar-refractivity contribution < 1.29 is 4.79 Å². The Morgan fingerprint density at radius 1 is 0.970 bits per heavy atom. The third-order valence-corrected chi connectivity index (χ3v) is 6.33. The van der Waals surface area contributed by atoms with Crippen LogP contribution in [0.2, 0.25) is 0 Å². The molecule has 0 spiro atoms. The second-order valence-electron chi connectivity index (χ2n) is 9.03. The van der Waals surface area contributed by atoms with E-state index in [1.165, 1.54) is 5.56 Å². The van der Waals surface area contributed by atoms with Crippen molar-refractivity contribution in [3.63, 3.8) is 0 Å². The van der Waals surface area contributed by atoms with Gasteiger partial charge in [-0.25, -0.2) is 9.98 Å². The lowest BCUT2D eigenvalue weighted by molar-refractivity contribution is 0.0668. The maximum absolute atomic E-state index is 13.3. The van der Waals surface area contributed by atoms with Crippen molar-refractivity contribution >= 4 is 17.5 Å². The van der Waals surface area contributed by atoms with Gasteiger partial charge in [-0.2, -0.15) is 0 Å². The lowest BCUT2D eigenvalue weighted by Crippen LogP contribution is -2.48. The molecule has 2 fully saturated rings. The Balaban J connectivity index is 1.59. The van der Waals surface area contributed by atoms with Gasteiger partial charge in [0.05, 0.1) is 0 Å². The predicted molar refractivity (Wildman–Crippen MR) is 137 cm³/mol. The van der Waals surface area contributed by atoms with E-state index in [0.717, 1.165) is 74.3 Å². The third kappa shape index (κ3) is 6.54. The molecule has 1 amide bonds. The molecular formula is C26H38N6O. The van der Waals surface area contributed by atoms with Crippen LogP contribution in [0.5, 0.6) is 0 Å². The minimum absolute atomic E-state index is 0.121. The van der Waals surface area contributed by atoms with Crippen molar-refractivity contribution in [2.75, 3.05) is 52.4 Å². The summed E-state index contributed by atoms with van der Waals surface area (Å²) in [5, 5.41) is 0. The van der Waals surface area contributed by atoms with Crippen LogP contribution in [0.25, 0.3) is 0 Å². The largest absolute Gasteiger partial charge is 0.358 e. The summed E-state index contributed by atoms with van der Waals surface area (Å²) in [4.78, 5) is 30.9. The first-order valence-corrected chi connectivity index (χ1v) is 11.8. The molecule has 0 aliphatic carbocycles. The molecule has 2 saturated heterocycles. The van der Waals surface area contributed by atoms with Crippen LogP contribution in [0.15, 0.2) is 53.4 Å². The van der Waals surface area contributed by atoms with E-state index in [1.807, 2.05) is 32.6 Å². The van der Waals surface area contributed by atoms with E-state index < -0.39 is 0 Å². The molecule has 2 aliphatic heterocycles. The van der Waals surface area contributed by atoms with Gasteiger partial charge in [0.2, 0.25) is 0 Å². The Labute approximate surface area is 198 Å². The summed E-state index contributed by atoms with van der Waals surface area (Å²) < 4.78 is 0. The number of amidine groups is 1. The van der Waals surface area contributed by atoms with Gasteiger partial charge in [-0.3, -0.25) is 9.69 Å².